The molecule has 0 radical (unpaired) electrons. The molecule has 3 amide bonds. The molecule has 0 spiro atoms. The molecule has 0 saturated heterocycles. The number of rotatable bonds is 5. The quantitative estimate of drug-likeness (QED) is 0.787. The van der Waals surface area contributed by atoms with Gasteiger partial charge in [-0.15, -0.1) is 0 Å². The van der Waals surface area contributed by atoms with Crippen molar-refractivity contribution in [1.82, 2.24) is 10.6 Å². The molecule has 0 aliphatic rings. The smallest absolute Gasteiger partial charge is 0.312 e. The zero-order valence-corrected chi connectivity index (χ0v) is 13.4. The average Bonchev–Trinajstić information content (AvgIpc) is 2.53. The SMILES string of the molecule is CC(NC(N)=O)C(=O)NCc1ccccc1-c1ccc(Cl)cc1. The monoisotopic (exact) mass is 331 g/mol. The Hall–Kier alpha value is -2.53. The van der Waals surface area contributed by atoms with E-state index in [1.165, 1.54) is 0 Å². The van der Waals surface area contributed by atoms with Crippen LogP contribution >= 0.6 is 11.6 Å². The van der Waals surface area contributed by atoms with Gasteiger partial charge in [-0.2, -0.15) is 0 Å². The van der Waals surface area contributed by atoms with Crippen molar-refractivity contribution in [3.63, 3.8) is 0 Å². The number of carbonyl (C=O) groups is 2. The molecule has 0 fully saturated rings. The second-order valence-electron chi connectivity index (χ2n) is 5.11. The van der Waals surface area contributed by atoms with Crippen molar-refractivity contribution in [3.05, 3.63) is 59.1 Å². The summed E-state index contributed by atoms with van der Waals surface area (Å²) >= 11 is 5.92. The molecule has 5 nitrogen and oxygen atoms in total. The lowest BCUT2D eigenvalue weighted by Crippen LogP contribution is -2.46. The summed E-state index contributed by atoms with van der Waals surface area (Å²) in [6.07, 6.45) is 0. The zero-order valence-electron chi connectivity index (χ0n) is 12.7. The van der Waals surface area contributed by atoms with E-state index >= 15 is 0 Å². The summed E-state index contributed by atoms with van der Waals surface area (Å²) in [4.78, 5) is 22.7. The van der Waals surface area contributed by atoms with E-state index in [1.807, 2.05) is 48.5 Å². The summed E-state index contributed by atoms with van der Waals surface area (Å²) in [6.45, 7) is 1.92. The Morgan fingerprint density at radius 1 is 1.13 bits per heavy atom. The Morgan fingerprint density at radius 3 is 2.43 bits per heavy atom. The van der Waals surface area contributed by atoms with Gasteiger partial charge in [-0.1, -0.05) is 48.0 Å². The molecule has 6 heteroatoms. The van der Waals surface area contributed by atoms with Crippen molar-refractivity contribution in [2.24, 2.45) is 5.73 Å². The highest BCUT2D eigenvalue weighted by Crippen LogP contribution is 2.25. The molecular formula is C17H18ClN3O2. The molecule has 23 heavy (non-hydrogen) atoms. The van der Waals surface area contributed by atoms with Gasteiger partial charge in [0.25, 0.3) is 0 Å². The maximum atomic E-state index is 11.9. The van der Waals surface area contributed by atoms with Crippen molar-refractivity contribution in [1.29, 1.82) is 0 Å². The number of benzene rings is 2. The van der Waals surface area contributed by atoms with Gasteiger partial charge in [0.15, 0.2) is 0 Å². The lowest BCUT2D eigenvalue weighted by atomic mass is 10.00. The first kappa shape index (κ1) is 16.8. The molecule has 1 atom stereocenters. The molecule has 0 heterocycles. The Balaban J connectivity index is 2.10. The summed E-state index contributed by atoms with van der Waals surface area (Å²) in [6, 6.07) is 13.9. The minimum absolute atomic E-state index is 0.297. The Kier molecular flexibility index (Phi) is 5.60. The van der Waals surface area contributed by atoms with E-state index in [0.29, 0.717) is 11.6 Å². The maximum Gasteiger partial charge on any atom is 0.312 e. The number of urea groups is 1. The van der Waals surface area contributed by atoms with Gasteiger partial charge in [0.2, 0.25) is 5.91 Å². The van der Waals surface area contributed by atoms with Crippen molar-refractivity contribution in [3.8, 4) is 11.1 Å². The molecule has 1 unspecified atom stereocenters. The number of nitrogens with two attached hydrogens (primary N) is 1. The van der Waals surface area contributed by atoms with Crippen LogP contribution in [0.25, 0.3) is 11.1 Å². The van der Waals surface area contributed by atoms with Gasteiger partial charge in [-0.3, -0.25) is 4.79 Å². The second-order valence-corrected chi connectivity index (χ2v) is 5.55. The summed E-state index contributed by atoms with van der Waals surface area (Å²) in [5, 5.41) is 5.81. The topological polar surface area (TPSA) is 84.2 Å². The van der Waals surface area contributed by atoms with Crippen molar-refractivity contribution >= 4 is 23.5 Å². The first-order valence-corrected chi connectivity index (χ1v) is 7.52. The number of nitrogens with one attached hydrogen (secondary N) is 2. The van der Waals surface area contributed by atoms with Gasteiger partial charge in [-0.05, 0) is 35.7 Å². The standard InChI is InChI=1S/C17H18ClN3O2/c1-11(21-17(19)23)16(22)20-10-13-4-2-3-5-15(13)12-6-8-14(18)9-7-12/h2-9,11H,10H2,1H3,(H,20,22)(H3,19,21,23). The van der Waals surface area contributed by atoms with Gasteiger partial charge in [-0.25, -0.2) is 4.79 Å². The van der Waals surface area contributed by atoms with Crippen LogP contribution in [0.2, 0.25) is 5.02 Å². The van der Waals surface area contributed by atoms with Crippen LogP contribution in [0.5, 0.6) is 0 Å². The molecule has 0 aromatic heterocycles. The molecule has 0 aliphatic heterocycles. The van der Waals surface area contributed by atoms with Gasteiger partial charge in [0, 0.05) is 11.6 Å². The van der Waals surface area contributed by atoms with E-state index in [0.717, 1.165) is 16.7 Å². The summed E-state index contributed by atoms with van der Waals surface area (Å²) in [5.41, 5.74) is 8.01. The molecule has 120 valence electrons. The van der Waals surface area contributed by atoms with Gasteiger partial charge < -0.3 is 16.4 Å². The average molecular weight is 332 g/mol. The fraction of sp³-hybridized carbons (Fsp3) is 0.176. The van der Waals surface area contributed by atoms with E-state index in [1.54, 1.807) is 6.92 Å². The number of amides is 3. The highest BCUT2D eigenvalue weighted by Gasteiger charge is 2.14. The highest BCUT2D eigenvalue weighted by molar-refractivity contribution is 6.30. The third-order valence-electron chi connectivity index (χ3n) is 3.38. The molecule has 2 aromatic carbocycles. The molecule has 0 saturated carbocycles. The third-order valence-corrected chi connectivity index (χ3v) is 3.63. The molecule has 0 bridgehead atoms. The molecule has 2 rings (SSSR count). The first-order chi connectivity index (χ1) is 11.0. The fourth-order valence-electron chi connectivity index (χ4n) is 2.20. The Labute approximate surface area is 139 Å². The van der Waals surface area contributed by atoms with Crippen molar-refractivity contribution in [2.75, 3.05) is 0 Å². The number of hydrogen-bond acceptors (Lipinski definition) is 2. The lowest BCUT2D eigenvalue weighted by molar-refractivity contribution is -0.122. The fourth-order valence-corrected chi connectivity index (χ4v) is 2.33. The molecule has 2 aromatic rings. The van der Waals surface area contributed by atoms with Crippen LogP contribution in [-0.2, 0) is 11.3 Å². The van der Waals surface area contributed by atoms with E-state index < -0.39 is 12.1 Å². The van der Waals surface area contributed by atoms with Crippen LogP contribution < -0.4 is 16.4 Å². The number of halogens is 1. The van der Waals surface area contributed by atoms with Crippen LogP contribution in [0.1, 0.15) is 12.5 Å². The van der Waals surface area contributed by atoms with Crippen molar-refractivity contribution in [2.45, 2.75) is 19.5 Å². The molecular weight excluding hydrogens is 314 g/mol. The molecule has 0 aliphatic carbocycles. The van der Waals surface area contributed by atoms with E-state index in [4.69, 9.17) is 17.3 Å². The van der Waals surface area contributed by atoms with Crippen LogP contribution in [0, 0.1) is 0 Å². The number of carbonyl (C=O) groups excluding carboxylic acids is 2. The van der Waals surface area contributed by atoms with Crippen LogP contribution in [-0.4, -0.2) is 18.0 Å². The number of hydrogen-bond donors (Lipinski definition) is 3. The lowest BCUT2D eigenvalue weighted by Gasteiger charge is -2.14. The predicted molar refractivity (Wildman–Crippen MR) is 90.9 cm³/mol. The number of primary amides is 1. The van der Waals surface area contributed by atoms with Gasteiger partial charge >= 0.3 is 6.03 Å². The van der Waals surface area contributed by atoms with E-state index in [9.17, 15) is 9.59 Å². The second kappa shape index (κ2) is 7.65. The Morgan fingerprint density at radius 2 is 1.78 bits per heavy atom. The van der Waals surface area contributed by atoms with Crippen LogP contribution in [0.15, 0.2) is 48.5 Å². The van der Waals surface area contributed by atoms with Crippen LogP contribution in [0.3, 0.4) is 0 Å². The van der Waals surface area contributed by atoms with Crippen molar-refractivity contribution < 1.29 is 9.59 Å². The summed E-state index contributed by atoms with van der Waals surface area (Å²) in [7, 11) is 0. The third kappa shape index (κ3) is 4.72. The van der Waals surface area contributed by atoms with Gasteiger partial charge in [0.05, 0.1) is 0 Å². The van der Waals surface area contributed by atoms with Crippen LogP contribution in [0.4, 0.5) is 4.79 Å². The highest BCUT2D eigenvalue weighted by atomic mass is 35.5. The largest absolute Gasteiger partial charge is 0.352 e. The van der Waals surface area contributed by atoms with E-state index in [2.05, 4.69) is 10.6 Å². The Bertz CT molecular complexity index is 701. The zero-order chi connectivity index (χ0) is 16.8. The van der Waals surface area contributed by atoms with Gasteiger partial charge in [0.1, 0.15) is 6.04 Å². The summed E-state index contributed by atoms with van der Waals surface area (Å²) < 4.78 is 0. The predicted octanol–water partition coefficient (Wildman–Crippen LogP) is 2.68. The maximum absolute atomic E-state index is 11.9. The minimum atomic E-state index is -0.728. The molecule has 4 N–H and O–H groups in total. The summed E-state index contributed by atoms with van der Waals surface area (Å²) in [5.74, 6) is -0.297. The first-order valence-electron chi connectivity index (χ1n) is 7.15. The minimum Gasteiger partial charge on any atom is -0.352 e. The van der Waals surface area contributed by atoms with E-state index in [-0.39, 0.29) is 5.91 Å². The normalized spacial score (nSPS) is 11.6.